The van der Waals surface area contributed by atoms with Gasteiger partial charge in [-0.2, -0.15) is 0 Å². The summed E-state index contributed by atoms with van der Waals surface area (Å²) in [6.45, 7) is 5.64. The van der Waals surface area contributed by atoms with Crippen molar-refractivity contribution in [1.29, 1.82) is 0 Å². The van der Waals surface area contributed by atoms with Gasteiger partial charge in [0.1, 0.15) is 17.5 Å². The highest BCUT2D eigenvalue weighted by atomic mass is 16.6. The van der Waals surface area contributed by atoms with Gasteiger partial charge >= 0.3 is 6.09 Å². The van der Waals surface area contributed by atoms with Crippen molar-refractivity contribution in [3.05, 3.63) is 75.6 Å². The van der Waals surface area contributed by atoms with E-state index in [9.17, 15) is 19.7 Å². The molecule has 1 aliphatic heterocycles. The lowest BCUT2D eigenvalue weighted by Crippen LogP contribution is -2.40. The smallest absolute Gasteiger partial charge is 0.410 e. The molecule has 0 spiro atoms. The highest BCUT2D eigenvalue weighted by Crippen LogP contribution is 2.23. The van der Waals surface area contributed by atoms with Gasteiger partial charge in [-0.25, -0.2) is 4.79 Å². The molecule has 1 saturated heterocycles. The molecule has 2 atom stereocenters. The first-order valence-corrected chi connectivity index (χ1v) is 11.5. The van der Waals surface area contributed by atoms with Crippen molar-refractivity contribution >= 4 is 12.0 Å². The molecule has 0 aliphatic carbocycles. The quantitative estimate of drug-likeness (QED) is 0.410. The maximum Gasteiger partial charge on any atom is 0.410 e. The Bertz CT molecular complexity index is 1030. The van der Waals surface area contributed by atoms with Crippen LogP contribution < -0.4 is 0 Å². The minimum atomic E-state index is -1.35. The van der Waals surface area contributed by atoms with Gasteiger partial charge in [-0.1, -0.05) is 30.3 Å². The number of nitro groups is 1. The Morgan fingerprint density at radius 1 is 1.26 bits per heavy atom. The minimum absolute atomic E-state index is 0.0863. The van der Waals surface area contributed by atoms with Gasteiger partial charge in [0.15, 0.2) is 0 Å². The summed E-state index contributed by atoms with van der Waals surface area (Å²) in [6.07, 6.45) is 1.99. The molecule has 3 rings (SSSR count). The van der Waals surface area contributed by atoms with E-state index in [1.54, 1.807) is 27.8 Å². The Labute approximate surface area is 205 Å². The number of ether oxygens (including phenoxy) is 2. The second-order valence-corrected chi connectivity index (χ2v) is 9.50. The molecule has 10 nitrogen and oxygen atoms in total. The zero-order valence-corrected chi connectivity index (χ0v) is 20.5. The molecule has 10 heteroatoms. The molecule has 35 heavy (non-hydrogen) atoms. The second kappa shape index (κ2) is 11.3. The highest BCUT2D eigenvalue weighted by molar-refractivity contribution is 5.94. The maximum atomic E-state index is 13.0. The minimum Gasteiger partial charge on any atom is -0.444 e. The van der Waals surface area contributed by atoms with E-state index in [2.05, 4.69) is 4.98 Å². The van der Waals surface area contributed by atoms with E-state index in [0.717, 1.165) is 18.4 Å². The van der Waals surface area contributed by atoms with Gasteiger partial charge in [0, 0.05) is 36.9 Å². The molecular weight excluding hydrogens is 452 g/mol. The standard InChI is InChI=1S/C25H32N4O6/c1-25(2,3)35-24(31)28(16-18-9-6-5-7-10-18)17-21(29(32)33)20-15-19(12-13-26-20)23(30)27(4)22-11-8-14-34-22/h5-7,9-10,12-13,15,21-22H,8,11,14,16-17H2,1-4H3. The Kier molecular flexibility index (Phi) is 8.39. The fourth-order valence-corrected chi connectivity index (χ4v) is 3.77. The number of amides is 2. The average Bonchev–Trinajstić information content (AvgIpc) is 3.35. The molecule has 1 fully saturated rings. The normalized spacial score (nSPS) is 16.4. The first-order valence-electron chi connectivity index (χ1n) is 11.5. The van der Waals surface area contributed by atoms with Crippen molar-refractivity contribution in [3.63, 3.8) is 0 Å². The molecule has 2 heterocycles. The molecule has 0 saturated carbocycles. The number of benzene rings is 1. The van der Waals surface area contributed by atoms with Gasteiger partial charge in [0.2, 0.25) is 0 Å². The number of nitrogens with zero attached hydrogens (tertiary/aromatic N) is 4. The Hall–Kier alpha value is -3.53. The van der Waals surface area contributed by atoms with Gasteiger partial charge in [-0.3, -0.25) is 24.8 Å². The van der Waals surface area contributed by atoms with Crippen molar-refractivity contribution in [2.75, 3.05) is 20.2 Å². The van der Waals surface area contributed by atoms with Crippen LogP contribution >= 0.6 is 0 Å². The van der Waals surface area contributed by atoms with Crippen LogP contribution in [0.4, 0.5) is 4.79 Å². The molecular formula is C25H32N4O6. The zero-order valence-electron chi connectivity index (χ0n) is 20.5. The van der Waals surface area contributed by atoms with Crippen LogP contribution in [0.3, 0.4) is 0 Å². The fourth-order valence-electron chi connectivity index (χ4n) is 3.77. The number of carbonyl (C=O) groups is 2. The van der Waals surface area contributed by atoms with E-state index < -0.39 is 22.7 Å². The summed E-state index contributed by atoms with van der Waals surface area (Å²) in [6, 6.07) is 10.7. The molecule has 1 aliphatic rings. The molecule has 2 aromatic rings. The van der Waals surface area contributed by atoms with E-state index in [4.69, 9.17) is 9.47 Å². The van der Waals surface area contributed by atoms with E-state index in [1.807, 2.05) is 30.3 Å². The maximum absolute atomic E-state index is 13.0. The van der Waals surface area contributed by atoms with Crippen LogP contribution in [0.1, 0.15) is 61.3 Å². The fraction of sp³-hybridized carbons (Fsp3) is 0.480. The zero-order chi connectivity index (χ0) is 25.6. The monoisotopic (exact) mass is 484 g/mol. The van der Waals surface area contributed by atoms with E-state index in [1.165, 1.54) is 28.1 Å². The molecule has 1 aromatic carbocycles. The van der Waals surface area contributed by atoms with Gasteiger partial charge in [-0.05, 0) is 51.3 Å². The van der Waals surface area contributed by atoms with Crippen molar-refractivity contribution in [3.8, 4) is 0 Å². The van der Waals surface area contributed by atoms with Gasteiger partial charge in [0.05, 0.1) is 6.54 Å². The SMILES string of the molecule is CN(C(=O)c1ccnc(C(CN(Cc2ccccc2)C(=O)OC(C)(C)C)[N+](=O)[O-])c1)C1CCCO1. The predicted octanol–water partition coefficient (Wildman–Crippen LogP) is 4.05. The van der Waals surface area contributed by atoms with Gasteiger partial charge < -0.3 is 14.4 Å². The summed E-state index contributed by atoms with van der Waals surface area (Å²) in [4.78, 5) is 44.5. The molecule has 0 radical (unpaired) electrons. The number of hydrogen-bond acceptors (Lipinski definition) is 7. The molecule has 0 N–H and O–H groups in total. The third-order valence-corrected chi connectivity index (χ3v) is 5.54. The third kappa shape index (κ3) is 7.22. The summed E-state index contributed by atoms with van der Waals surface area (Å²) >= 11 is 0. The predicted molar refractivity (Wildman–Crippen MR) is 128 cm³/mol. The molecule has 1 aromatic heterocycles. The lowest BCUT2D eigenvalue weighted by Gasteiger charge is -2.28. The lowest BCUT2D eigenvalue weighted by atomic mass is 10.1. The summed E-state index contributed by atoms with van der Waals surface area (Å²) in [5.74, 6) is -0.309. The topological polar surface area (TPSA) is 115 Å². The summed E-state index contributed by atoms with van der Waals surface area (Å²) in [5.41, 5.74) is 0.388. The number of pyridine rings is 1. The Morgan fingerprint density at radius 3 is 2.57 bits per heavy atom. The first kappa shape index (κ1) is 26.1. The molecule has 2 unspecified atom stereocenters. The number of hydrogen-bond donors (Lipinski definition) is 0. The highest BCUT2D eigenvalue weighted by Gasteiger charge is 2.33. The van der Waals surface area contributed by atoms with Crippen molar-refractivity contribution in [2.24, 2.45) is 0 Å². The average molecular weight is 485 g/mol. The van der Waals surface area contributed by atoms with E-state index in [-0.39, 0.29) is 36.5 Å². The van der Waals surface area contributed by atoms with Crippen LogP contribution in [-0.4, -0.2) is 63.7 Å². The van der Waals surface area contributed by atoms with Crippen molar-refractivity contribution in [2.45, 2.75) is 58.0 Å². The van der Waals surface area contributed by atoms with Gasteiger partial charge in [-0.15, -0.1) is 0 Å². The lowest BCUT2D eigenvalue weighted by molar-refractivity contribution is -0.529. The van der Waals surface area contributed by atoms with Crippen LogP contribution in [0.15, 0.2) is 48.7 Å². The van der Waals surface area contributed by atoms with Crippen molar-refractivity contribution < 1.29 is 24.0 Å². The van der Waals surface area contributed by atoms with E-state index >= 15 is 0 Å². The molecule has 0 bridgehead atoms. The Morgan fingerprint density at radius 2 is 1.97 bits per heavy atom. The number of rotatable bonds is 8. The van der Waals surface area contributed by atoms with E-state index in [0.29, 0.717) is 6.61 Å². The number of carbonyl (C=O) groups excluding carboxylic acids is 2. The van der Waals surface area contributed by atoms with Gasteiger partial charge in [0.25, 0.3) is 11.9 Å². The third-order valence-electron chi connectivity index (χ3n) is 5.54. The molecule has 2 amide bonds. The second-order valence-electron chi connectivity index (χ2n) is 9.50. The van der Waals surface area contributed by atoms with Crippen LogP contribution in [0.2, 0.25) is 0 Å². The molecule has 188 valence electrons. The summed E-state index contributed by atoms with van der Waals surface area (Å²) in [5, 5.41) is 12.1. The summed E-state index contributed by atoms with van der Waals surface area (Å²) < 4.78 is 11.1. The Balaban J connectivity index is 1.85. The number of aromatic nitrogens is 1. The first-order chi connectivity index (χ1) is 16.5. The largest absolute Gasteiger partial charge is 0.444 e. The van der Waals surface area contributed by atoms with Crippen LogP contribution in [0.25, 0.3) is 0 Å². The van der Waals surface area contributed by atoms with Crippen LogP contribution in [0, 0.1) is 10.1 Å². The van der Waals surface area contributed by atoms with Crippen LogP contribution in [0.5, 0.6) is 0 Å². The van der Waals surface area contributed by atoms with Crippen molar-refractivity contribution in [1.82, 2.24) is 14.8 Å². The van der Waals surface area contributed by atoms with Crippen LogP contribution in [-0.2, 0) is 16.0 Å². The summed E-state index contributed by atoms with van der Waals surface area (Å²) in [7, 11) is 1.65.